The summed E-state index contributed by atoms with van der Waals surface area (Å²) >= 11 is 3.55. The normalized spacial score (nSPS) is 37.2. The van der Waals surface area contributed by atoms with Crippen molar-refractivity contribution in [2.24, 2.45) is 40.9 Å². The van der Waals surface area contributed by atoms with Gasteiger partial charge < -0.3 is 5.32 Å². The van der Waals surface area contributed by atoms with Crippen LogP contribution >= 0.6 is 12.6 Å². The Morgan fingerprint density at radius 2 is 1.60 bits per heavy atom. The van der Waals surface area contributed by atoms with Crippen molar-refractivity contribution in [3.8, 4) is 0 Å². The van der Waals surface area contributed by atoms with Crippen molar-refractivity contribution in [3.05, 3.63) is 12.0 Å². The standard InChI is InChI=1S/C24H45N.C2H4S.C2H6/c1-18-10-8-6-5-7-9-11-21-20(18)14-16-24(3)22(12-13-23(21)24)19(2)15-17-25-4;1-2-3;1-2/h18-23,25H,5-17H2,1-4H3;2-3H,1H2;1-2H3. The Morgan fingerprint density at radius 1 is 1.00 bits per heavy atom. The summed E-state index contributed by atoms with van der Waals surface area (Å²) in [6, 6.07) is 0. The minimum absolute atomic E-state index is 0.651. The maximum atomic E-state index is 3.55. The van der Waals surface area contributed by atoms with Crippen LogP contribution in [0.3, 0.4) is 0 Å². The van der Waals surface area contributed by atoms with Crippen molar-refractivity contribution >= 4 is 12.6 Å². The number of thiol groups is 1. The van der Waals surface area contributed by atoms with Gasteiger partial charge in [0.15, 0.2) is 0 Å². The van der Waals surface area contributed by atoms with Crippen molar-refractivity contribution in [1.82, 2.24) is 5.32 Å². The Kier molecular flexibility index (Phi) is 14.0. The van der Waals surface area contributed by atoms with E-state index in [4.69, 9.17) is 0 Å². The first kappa shape index (κ1) is 28.1. The molecule has 30 heavy (non-hydrogen) atoms. The molecule has 3 aliphatic carbocycles. The first-order valence-corrected chi connectivity index (χ1v) is 13.9. The molecule has 3 saturated carbocycles. The quantitative estimate of drug-likeness (QED) is 0.419. The lowest BCUT2D eigenvalue weighted by Gasteiger charge is -2.52. The second-order valence-electron chi connectivity index (χ2n) is 10.5. The fraction of sp³-hybridized carbons (Fsp3) is 0.929. The highest BCUT2D eigenvalue weighted by Crippen LogP contribution is 2.63. The molecule has 0 amide bonds. The van der Waals surface area contributed by atoms with E-state index in [-0.39, 0.29) is 0 Å². The summed E-state index contributed by atoms with van der Waals surface area (Å²) in [4.78, 5) is 0. The van der Waals surface area contributed by atoms with Gasteiger partial charge in [-0.05, 0) is 98.4 Å². The van der Waals surface area contributed by atoms with E-state index in [0.717, 1.165) is 35.5 Å². The molecule has 3 rings (SSSR count). The maximum Gasteiger partial charge on any atom is -0.00493 e. The van der Waals surface area contributed by atoms with Crippen molar-refractivity contribution in [2.45, 2.75) is 112 Å². The van der Waals surface area contributed by atoms with Gasteiger partial charge in [0.1, 0.15) is 0 Å². The van der Waals surface area contributed by atoms with E-state index in [0.29, 0.717) is 5.41 Å². The predicted molar refractivity (Wildman–Crippen MR) is 140 cm³/mol. The van der Waals surface area contributed by atoms with E-state index >= 15 is 0 Å². The van der Waals surface area contributed by atoms with Gasteiger partial charge in [-0.15, -0.1) is 0 Å². The van der Waals surface area contributed by atoms with Crippen LogP contribution in [0.4, 0.5) is 0 Å². The summed E-state index contributed by atoms with van der Waals surface area (Å²) in [5.74, 6) is 5.99. The molecule has 0 spiro atoms. The van der Waals surface area contributed by atoms with E-state index in [1.165, 1.54) is 76.2 Å². The van der Waals surface area contributed by atoms with Gasteiger partial charge in [-0.3, -0.25) is 0 Å². The highest BCUT2D eigenvalue weighted by atomic mass is 32.1. The molecule has 0 radical (unpaired) electrons. The molecule has 178 valence electrons. The van der Waals surface area contributed by atoms with Gasteiger partial charge in [0.05, 0.1) is 0 Å². The van der Waals surface area contributed by atoms with Gasteiger partial charge in [-0.25, -0.2) is 0 Å². The van der Waals surface area contributed by atoms with Crippen LogP contribution in [0.15, 0.2) is 12.0 Å². The second-order valence-corrected chi connectivity index (χ2v) is 10.9. The van der Waals surface area contributed by atoms with E-state index in [1.54, 1.807) is 12.8 Å². The van der Waals surface area contributed by atoms with Gasteiger partial charge >= 0.3 is 0 Å². The Hall–Kier alpha value is 0.0500. The van der Waals surface area contributed by atoms with Crippen LogP contribution < -0.4 is 5.32 Å². The molecule has 0 aliphatic heterocycles. The van der Waals surface area contributed by atoms with Crippen LogP contribution in [0.1, 0.15) is 112 Å². The summed E-state index contributed by atoms with van der Waals surface area (Å²) in [7, 11) is 2.11. The SMILES string of the molecule is C=CS.CC.CNCCC(C)C1CCC2C3CCCCCCCC(C)C3CCC12C. The van der Waals surface area contributed by atoms with Gasteiger partial charge in [0, 0.05) is 0 Å². The highest BCUT2D eigenvalue weighted by Gasteiger charge is 2.54. The Bertz CT molecular complexity index is 450. The first-order valence-electron chi connectivity index (χ1n) is 13.4. The topological polar surface area (TPSA) is 12.0 Å². The van der Waals surface area contributed by atoms with E-state index in [1.807, 2.05) is 13.8 Å². The molecule has 3 fully saturated rings. The minimum atomic E-state index is 0.651. The smallest absolute Gasteiger partial charge is 0.00493 e. The molecule has 7 atom stereocenters. The average molecular weight is 438 g/mol. The zero-order valence-electron chi connectivity index (χ0n) is 21.4. The molecule has 0 aromatic heterocycles. The summed E-state index contributed by atoms with van der Waals surface area (Å²) < 4.78 is 0. The van der Waals surface area contributed by atoms with Crippen LogP contribution in [0, 0.1) is 40.9 Å². The maximum absolute atomic E-state index is 3.55. The fourth-order valence-electron chi connectivity index (χ4n) is 7.58. The second kappa shape index (κ2) is 15.0. The zero-order valence-corrected chi connectivity index (χ0v) is 22.3. The number of nitrogens with one attached hydrogen (secondary N) is 1. The molecule has 1 N–H and O–H groups in total. The predicted octanol–water partition coefficient (Wildman–Crippen LogP) is 8.76. The van der Waals surface area contributed by atoms with Gasteiger partial charge in [-0.1, -0.05) is 79.7 Å². The lowest BCUT2D eigenvalue weighted by molar-refractivity contribution is -0.0266. The van der Waals surface area contributed by atoms with E-state index in [9.17, 15) is 0 Å². The molecular formula is C28H55NS. The Morgan fingerprint density at radius 3 is 2.23 bits per heavy atom. The molecular weight excluding hydrogens is 382 g/mol. The highest BCUT2D eigenvalue weighted by molar-refractivity contribution is 7.83. The molecule has 0 heterocycles. The first-order chi connectivity index (χ1) is 14.5. The van der Waals surface area contributed by atoms with Gasteiger partial charge in [0.2, 0.25) is 0 Å². The van der Waals surface area contributed by atoms with Crippen LogP contribution in [-0.4, -0.2) is 13.6 Å². The van der Waals surface area contributed by atoms with Gasteiger partial charge in [-0.2, -0.15) is 12.6 Å². The third-order valence-corrected chi connectivity index (χ3v) is 9.03. The van der Waals surface area contributed by atoms with Crippen molar-refractivity contribution in [1.29, 1.82) is 0 Å². The summed E-state index contributed by atoms with van der Waals surface area (Å²) in [6.07, 6.45) is 18.0. The molecule has 1 nitrogen and oxygen atoms in total. The summed E-state index contributed by atoms with van der Waals surface area (Å²) in [5, 5.41) is 4.83. The number of rotatable bonds is 4. The molecule has 3 aliphatic rings. The minimum Gasteiger partial charge on any atom is -0.320 e. The van der Waals surface area contributed by atoms with Crippen molar-refractivity contribution in [2.75, 3.05) is 13.6 Å². The van der Waals surface area contributed by atoms with Crippen LogP contribution in [0.5, 0.6) is 0 Å². The summed E-state index contributed by atoms with van der Waals surface area (Å²) in [5.41, 5.74) is 0.651. The van der Waals surface area contributed by atoms with E-state index in [2.05, 4.69) is 52.3 Å². The van der Waals surface area contributed by atoms with Crippen LogP contribution in [0.2, 0.25) is 0 Å². The molecule has 0 saturated heterocycles. The van der Waals surface area contributed by atoms with Gasteiger partial charge in [0.25, 0.3) is 0 Å². The molecule has 7 unspecified atom stereocenters. The third-order valence-electron chi connectivity index (χ3n) is 9.03. The molecule has 0 aromatic rings. The van der Waals surface area contributed by atoms with Crippen molar-refractivity contribution in [3.63, 3.8) is 0 Å². The molecule has 0 aromatic carbocycles. The summed E-state index contributed by atoms with van der Waals surface area (Å²) in [6.45, 7) is 16.3. The average Bonchev–Trinajstić information content (AvgIpc) is 3.10. The zero-order chi connectivity index (χ0) is 22.6. The lowest BCUT2D eigenvalue weighted by atomic mass is 9.53. The largest absolute Gasteiger partial charge is 0.320 e. The monoisotopic (exact) mass is 437 g/mol. The third kappa shape index (κ3) is 7.29. The number of hydrogen-bond donors (Lipinski definition) is 2. The number of fused-ring (bicyclic) bond motifs is 3. The fourth-order valence-corrected chi connectivity index (χ4v) is 7.58. The Labute approximate surface area is 196 Å². The van der Waals surface area contributed by atoms with Crippen molar-refractivity contribution < 1.29 is 0 Å². The lowest BCUT2D eigenvalue weighted by Crippen LogP contribution is -2.44. The molecule has 2 heteroatoms. The Balaban J connectivity index is 0.000000826. The number of hydrogen-bond acceptors (Lipinski definition) is 2. The van der Waals surface area contributed by atoms with Crippen LogP contribution in [0.25, 0.3) is 0 Å². The van der Waals surface area contributed by atoms with Crippen LogP contribution in [-0.2, 0) is 0 Å². The molecule has 0 bridgehead atoms. The van der Waals surface area contributed by atoms with E-state index < -0.39 is 0 Å².